The molecule has 158 valence electrons. The summed E-state index contributed by atoms with van der Waals surface area (Å²) in [4.78, 5) is 29.6. The number of phenols is 1. The summed E-state index contributed by atoms with van der Waals surface area (Å²) in [5.41, 5.74) is 1.38. The fourth-order valence-electron chi connectivity index (χ4n) is 3.09. The number of thiazole rings is 1. The van der Waals surface area contributed by atoms with Crippen molar-refractivity contribution < 1.29 is 19.4 Å². The highest BCUT2D eigenvalue weighted by molar-refractivity contribution is 7.15. The summed E-state index contributed by atoms with van der Waals surface area (Å²) in [7, 11) is 1.46. The molecule has 2 heterocycles. The second-order valence-corrected chi connectivity index (χ2v) is 7.46. The smallest absolute Gasteiger partial charge is 0.296 e. The molecule has 0 bridgehead atoms. The van der Waals surface area contributed by atoms with Gasteiger partial charge >= 0.3 is 0 Å². The molecule has 8 nitrogen and oxygen atoms in total. The van der Waals surface area contributed by atoms with Gasteiger partial charge in [0.2, 0.25) is 4.96 Å². The number of carbonyl (C=O) groups excluding carboxylic acids is 1. The quantitative estimate of drug-likeness (QED) is 0.442. The van der Waals surface area contributed by atoms with Gasteiger partial charge in [-0.15, -0.1) is 11.3 Å². The zero-order valence-electron chi connectivity index (χ0n) is 16.9. The number of nitrogens with zero attached hydrogens (tertiary/aromatic N) is 3. The van der Waals surface area contributed by atoms with E-state index in [1.54, 1.807) is 41.8 Å². The van der Waals surface area contributed by atoms with Crippen LogP contribution in [0.25, 0.3) is 16.2 Å². The molecule has 0 aliphatic heterocycles. The number of Topliss-reactive ketones (excluding diaryl/α,β-unsaturated/α-hetero) is 1. The third-order valence-electron chi connectivity index (χ3n) is 4.64. The summed E-state index contributed by atoms with van der Waals surface area (Å²) in [5.74, 6) is 0.771. The van der Waals surface area contributed by atoms with Crippen LogP contribution in [0.15, 0.2) is 52.6 Å². The number of ether oxygens (including phenoxy) is 2. The van der Waals surface area contributed by atoms with Crippen molar-refractivity contribution in [1.29, 1.82) is 0 Å². The van der Waals surface area contributed by atoms with Crippen LogP contribution < -0.4 is 15.0 Å². The zero-order valence-corrected chi connectivity index (χ0v) is 17.7. The molecule has 0 aliphatic carbocycles. The van der Waals surface area contributed by atoms with Crippen LogP contribution in [-0.4, -0.2) is 39.2 Å². The minimum absolute atomic E-state index is 0.0188. The van der Waals surface area contributed by atoms with Crippen molar-refractivity contribution >= 4 is 22.1 Å². The number of hydrogen-bond acceptors (Lipinski definition) is 8. The SMILES string of the molecule is CCOc1ccc(C(=O)Cc2nn3c(-c4ccc(O)c(OC)c4)csc3nc2=O)cc1. The lowest BCUT2D eigenvalue weighted by atomic mass is 10.1. The van der Waals surface area contributed by atoms with E-state index in [2.05, 4.69) is 10.1 Å². The summed E-state index contributed by atoms with van der Waals surface area (Å²) in [6.45, 7) is 2.42. The minimum Gasteiger partial charge on any atom is -0.504 e. The van der Waals surface area contributed by atoms with Crippen molar-refractivity contribution in [1.82, 2.24) is 14.6 Å². The van der Waals surface area contributed by atoms with Crippen molar-refractivity contribution in [3.63, 3.8) is 0 Å². The third kappa shape index (κ3) is 4.13. The van der Waals surface area contributed by atoms with Crippen molar-refractivity contribution in [3.8, 4) is 28.5 Å². The molecule has 31 heavy (non-hydrogen) atoms. The number of methoxy groups -OCH3 is 1. The molecule has 0 atom stereocenters. The highest BCUT2D eigenvalue weighted by atomic mass is 32.1. The van der Waals surface area contributed by atoms with E-state index < -0.39 is 5.56 Å². The Hall–Kier alpha value is -3.72. The lowest BCUT2D eigenvalue weighted by molar-refractivity contribution is 0.0991. The number of phenolic OH excluding ortho intramolecular Hbond substituents is 1. The fourth-order valence-corrected chi connectivity index (χ4v) is 3.92. The summed E-state index contributed by atoms with van der Waals surface area (Å²) >= 11 is 1.26. The zero-order chi connectivity index (χ0) is 22.0. The first kappa shape index (κ1) is 20.5. The normalized spacial score (nSPS) is 10.9. The molecular weight excluding hydrogens is 418 g/mol. The van der Waals surface area contributed by atoms with Crippen molar-refractivity contribution in [2.45, 2.75) is 13.3 Å². The lowest BCUT2D eigenvalue weighted by Crippen LogP contribution is -2.21. The maximum Gasteiger partial charge on any atom is 0.296 e. The van der Waals surface area contributed by atoms with Gasteiger partial charge < -0.3 is 14.6 Å². The number of benzene rings is 2. The molecule has 0 fully saturated rings. The molecule has 4 rings (SSSR count). The predicted octanol–water partition coefficient (Wildman–Crippen LogP) is 3.36. The summed E-state index contributed by atoms with van der Waals surface area (Å²) in [6, 6.07) is 11.7. The minimum atomic E-state index is -0.532. The van der Waals surface area contributed by atoms with Gasteiger partial charge in [0, 0.05) is 16.5 Å². The van der Waals surface area contributed by atoms with Gasteiger partial charge in [0.25, 0.3) is 5.56 Å². The van der Waals surface area contributed by atoms with E-state index in [9.17, 15) is 14.7 Å². The monoisotopic (exact) mass is 437 g/mol. The summed E-state index contributed by atoms with van der Waals surface area (Å²) in [6.07, 6.45) is -0.170. The van der Waals surface area contributed by atoms with Crippen LogP contribution in [0.4, 0.5) is 0 Å². The molecule has 4 aromatic rings. The van der Waals surface area contributed by atoms with E-state index in [1.807, 2.05) is 6.92 Å². The van der Waals surface area contributed by atoms with Crippen molar-refractivity contribution in [3.05, 3.63) is 69.5 Å². The van der Waals surface area contributed by atoms with Crippen LogP contribution >= 0.6 is 11.3 Å². The van der Waals surface area contributed by atoms with Gasteiger partial charge in [-0.25, -0.2) is 4.52 Å². The van der Waals surface area contributed by atoms with Gasteiger partial charge in [0.15, 0.2) is 17.3 Å². The third-order valence-corrected chi connectivity index (χ3v) is 5.46. The first-order valence-electron chi connectivity index (χ1n) is 9.51. The standard InChI is InChI=1S/C22H19N3O5S/c1-3-30-15-7-4-13(5-8-15)19(27)11-16-21(28)23-22-25(24-16)17(12-31-22)14-6-9-18(26)20(10-14)29-2/h4-10,12,26H,3,11H2,1-2H3. The number of carbonyl (C=O) groups is 1. The molecule has 0 amide bonds. The van der Waals surface area contributed by atoms with E-state index in [4.69, 9.17) is 9.47 Å². The van der Waals surface area contributed by atoms with Crippen molar-refractivity contribution in [2.75, 3.05) is 13.7 Å². The number of rotatable bonds is 7. The average molecular weight is 437 g/mol. The van der Waals surface area contributed by atoms with Crippen LogP contribution in [0.3, 0.4) is 0 Å². The molecule has 0 spiro atoms. The molecule has 0 saturated carbocycles. The van der Waals surface area contributed by atoms with E-state index >= 15 is 0 Å². The largest absolute Gasteiger partial charge is 0.504 e. The van der Waals surface area contributed by atoms with Crippen LogP contribution in [0.5, 0.6) is 17.2 Å². The van der Waals surface area contributed by atoms with Gasteiger partial charge in [0.1, 0.15) is 11.4 Å². The molecule has 0 saturated heterocycles. The Balaban J connectivity index is 1.67. The van der Waals surface area contributed by atoms with Crippen LogP contribution in [0, 0.1) is 0 Å². The molecule has 1 N–H and O–H groups in total. The van der Waals surface area contributed by atoms with Crippen LogP contribution in [0.1, 0.15) is 23.0 Å². The highest BCUT2D eigenvalue weighted by Gasteiger charge is 2.17. The van der Waals surface area contributed by atoms with Crippen LogP contribution in [0.2, 0.25) is 0 Å². The Morgan fingerprint density at radius 1 is 1.19 bits per heavy atom. The number of hydrogen-bond donors (Lipinski definition) is 1. The molecule has 0 radical (unpaired) electrons. The molecule has 2 aromatic carbocycles. The maximum atomic E-state index is 12.7. The average Bonchev–Trinajstić information content (AvgIpc) is 3.17. The highest BCUT2D eigenvalue weighted by Crippen LogP contribution is 2.32. The number of aromatic nitrogens is 3. The second-order valence-electron chi connectivity index (χ2n) is 6.62. The molecule has 9 heteroatoms. The molecule has 0 unspecified atom stereocenters. The van der Waals surface area contributed by atoms with Gasteiger partial charge in [-0.05, 0) is 49.4 Å². The first-order chi connectivity index (χ1) is 15.0. The topological polar surface area (TPSA) is 103 Å². The first-order valence-corrected chi connectivity index (χ1v) is 10.4. The van der Waals surface area contributed by atoms with Crippen molar-refractivity contribution in [2.24, 2.45) is 0 Å². The van der Waals surface area contributed by atoms with Gasteiger partial charge in [-0.1, -0.05) is 0 Å². The maximum absolute atomic E-state index is 12.7. The van der Waals surface area contributed by atoms with E-state index in [0.29, 0.717) is 34.3 Å². The Labute approximate surface area is 181 Å². The number of aromatic hydroxyl groups is 1. The Kier molecular flexibility index (Phi) is 5.68. The summed E-state index contributed by atoms with van der Waals surface area (Å²) in [5, 5.41) is 16.0. The number of ketones is 1. The second kappa shape index (κ2) is 8.57. The Bertz CT molecular complexity index is 1310. The van der Waals surface area contributed by atoms with E-state index in [0.717, 1.165) is 5.56 Å². The fraction of sp³-hybridized carbons (Fsp3) is 0.182. The van der Waals surface area contributed by atoms with Gasteiger partial charge in [-0.3, -0.25) is 9.59 Å². The van der Waals surface area contributed by atoms with E-state index in [-0.39, 0.29) is 23.6 Å². The summed E-state index contributed by atoms with van der Waals surface area (Å²) < 4.78 is 12.1. The molecule has 0 aliphatic rings. The predicted molar refractivity (Wildman–Crippen MR) is 116 cm³/mol. The van der Waals surface area contributed by atoms with E-state index in [1.165, 1.54) is 29.0 Å². The Morgan fingerprint density at radius 2 is 1.97 bits per heavy atom. The van der Waals surface area contributed by atoms with Crippen LogP contribution in [-0.2, 0) is 6.42 Å². The lowest BCUT2D eigenvalue weighted by Gasteiger charge is -2.07. The van der Waals surface area contributed by atoms with Gasteiger partial charge in [-0.2, -0.15) is 10.1 Å². The van der Waals surface area contributed by atoms with Gasteiger partial charge in [0.05, 0.1) is 25.8 Å². The Morgan fingerprint density at radius 3 is 2.68 bits per heavy atom. The number of fused-ring (bicyclic) bond motifs is 1. The molecule has 2 aromatic heterocycles. The molecular formula is C22H19N3O5S.